The summed E-state index contributed by atoms with van der Waals surface area (Å²) in [5, 5.41) is 12.6. The van der Waals surface area contributed by atoms with Crippen molar-refractivity contribution in [2.45, 2.75) is 50.9 Å². The first-order chi connectivity index (χ1) is 7.22. The molecular formula is C12H21NO2. The maximum atomic E-state index is 9.60. The van der Waals surface area contributed by atoms with E-state index in [1.54, 1.807) is 0 Å². The molecule has 2 unspecified atom stereocenters. The van der Waals surface area contributed by atoms with Crippen molar-refractivity contribution in [3.8, 4) is 12.3 Å². The van der Waals surface area contributed by atoms with Crippen molar-refractivity contribution in [2.24, 2.45) is 0 Å². The Hall–Kier alpha value is -0.560. The van der Waals surface area contributed by atoms with Crippen LogP contribution in [0.4, 0.5) is 0 Å². The van der Waals surface area contributed by atoms with E-state index < -0.39 is 6.10 Å². The van der Waals surface area contributed by atoms with E-state index in [2.05, 4.69) is 11.2 Å². The third-order valence-corrected chi connectivity index (χ3v) is 2.74. The zero-order valence-corrected chi connectivity index (χ0v) is 9.41. The van der Waals surface area contributed by atoms with Crippen LogP contribution in [0.15, 0.2) is 0 Å². The lowest BCUT2D eigenvalue weighted by atomic mass is 10.3. The number of aliphatic hydroxyl groups is 1. The fraction of sp³-hybridized carbons (Fsp3) is 0.833. The number of hydrogen-bond acceptors (Lipinski definition) is 3. The zero-order valence-electron chi connectivity index (χ0n) is 9.41. The molecule has 3 heteroatoms. The highest BCUT2D eigenvalue weighted by Gasteiger charge is 2.16. The first-order valence-corrected chi connectivity index (χ1v) is 5.71. The predicted molar refractivity (Wildman–Crippen MR) is 60.5 cm³/mol. The summed E-state index contributed by atoms with van der Waals surface area (Å²) >= 11 is 0. The smallest absolute Gasteiger partial charge is 0.0898 e. The third-order valence-electron chi connectivity index (χ3n) is 2.74. The van der Waals surface area contributed by atoms with Crippen LogP contribution in [0.3, 0.4) is 0 Å². The summed E-state index contributed by atoms with van der Waals surface area (Å²) in [6.07, 6.45) is 9.91. The Morgan fingerprint density at radius 1 is 1.53 bits per heavy atom. The van der Waals surface area contributed by atoms with E-state index in [1.807, 2.05) is 6.92 Å². The summed E-state index contributed by atoms with van der Waals surface area (Å²) < 4.78 is 5.59. The summed E-state index contributed by atoms with van der Waals surface area (Å²) in [6.45, 7) is 2.80. The van der Waals surface area contributed by atoms with Gasteiger partial charge in [0.25, 0.3) is 0 Å². The molecular weight excluding hydrogens is 190 g/mol. The summed E-state index contributed by atoms with van der Waals surface area (Å²) in [6, 6.07) is 0.00568. The lowest BCUT2D eigenvalue weighted by molar-refractivity contribution is -0.00565. The van der Waals surface area contributed by atoms with E-state index in [0.29, 0.717) is 19.3 Å². The number of nitrogens with one attached hydrogen (secondary N) is 1. The standard InChI is InChI=1S/C12H21NO2/c1-3-10(2)13-8-11(14)9-15-12-6-4-5-7-12/h1,10-14H,4-9H2,2H3. The van der Waals surface area contributed by atoms with Gasteiger partial charge < -0.3 is 15.2 Å². The van der Waals surface area contributed by atoms with Gasteiger partial charge in [-0.15, -0.1) is 6.42 Å². The Labute approximate surface area is 92.2 Å². The van der Waals surface area contributed by atoms with Crippen molar-refractivity contribution in [1.82, 2.24) is 5.32 Å². The molecule has 0 aromatic carbocycles. The van der Waals surface area contributed by atoms with Gasteiger partial charge in [-0.25, -0.2) is 0 Å². The van der Waals surface area contributed by atoms with Gasteiger partial charge in [0.1, 0.15) is 0 Å². The topological polar surface area (TPSA) is 41.5 Å². The van der Waals surface area contributed by atoms with Crippen molar-refractivity contribution in [3.63, 3.8) is 0 Å². The molecule has 1 rings (SSSR count). The van der Waals surface area contributed by atoms with Gasteiger partial charge in [0.05, 0.1) is 24.9 Å². The van der Waals surface area contributed by atoms with Gasteiger partial charge in [0, 0.05) is 6.54 Å². The van der Waals surface area contributed by atoms with Crippen LogP contribution in [0, 0.1) is 12.3 Å². The molecule has 1 aliphatic rings. The number of rotatable bonds is 6. The predicted octanol–water partition coefficient (Wildman–Crippen LogP) is 0.918. The van der Waals surface area contributed by atoms with Crippen LogP contribution in [0.5, 0.6) is 0 Å². The minimum Gasteiger partial charge on any atom is -0.389 e. The molecule has 0 aromatic rings. The van der Waals surface area contributed by atoms with Crippen molar-refractivity contribution < 1.29 is 9.84 Å². The number of terminal acetylenes is 1. The third kappa shape index (κ3) is 5.17. The van der Waals surface area contributed by atoms with E-state index in [4.69, 9.17) is 11.2 Å². The minimum atomic E-state index is -0.457. The molecule has 0 heterocycles. The number of ether oxygens (including phenoxy) is 1. The van der Waals surface area contributed by atoms with E-state index in [-0.39, 0.29) is 6.04 Å². The van der Waals surface area contributed by atoms with Crippen molar-refractivity contribution in [1.29, 1.82) is 0 Å². The molecule has 0 radical (unpaired) electrons. The highest BCUT2D eigenvalue weighted by molar-refractivity contribution is 4.95. The molecule has 2 atom stereocenters. The van der Waals surface area contributed by atoms with Gasteiger partial charge in [-0.2, -0.15) is 0 Å². The normalized spacial score (nSPS) is 21.1. The number of aliphatic hydroxyl groups excluding tert-OH is 1. The molecule has 0 amide bonds. The van der Waals surface area contributed by atoms with Gasteiger partial charge in [0.2, 0.25) is 0 Å². The van der Waals surface area contributed by atoms with Crippen LogP contribution in [0.2, 0.25) is 0 Å². The van der Waals surface area contributed by atoms with Crippen molar-refractivity contribution in [2.75, 3.05) is 13.2 Å². The van der Waals surface area contributed by atoms with E-state index >= 15 is 0 Å². The van der Waals surface area contributed by atoms with Gasteiger partial charge >= 0.3 is 0 Å². The van der Waals surface area contributed by atoms with Crippen LogP contribution in [0.1, 0.15) is 32.6 Å². The lowest BCUT2D eigenvalue weighted by Gasteiger charge is -2.16. The molecule has 3 nitrogen and oxygen atoms in total. The fourth-order valence-electron chi connectivity index (χ4n) is 1.73. The van der Waals surface area contributed by atoms with Crippen LogP contribution in [0.25, 0.3) is 0 Å². The maximum absolute atomic E-state index is 9.60. The van der Waals surface area contributed by atoms with Gasteiger partial charge in [0.15, 0.2) is 0 Å². The Balaban J connectivity index is 2.02. The molecule has 0 spiro atoms. The molecule has 0 aliphatic heterocycles. The molecule has 86 valence electrons. The molecule has 1 saturated carbocycles. The van der Waals surface area contributed by atoms with Crippen LogP contribution < -0.4 is 5.32 Å². The number of hydrogen-bond donors (Lipinski definition) is 2. The average Bonchev–Trinajstić information content (AvgIpc) is 2.75. The van der Waals surface area contributed by atoms with Crippen LogP contribution >= 0.6 is 0 Å². The van der Waals surface area contributed by atoms with Gasteiger partial charge in [-0.3, -0.25) is 0 Å². The van der Waals surface area contributed by atoms with Crippen LogP contribution in [-0.4, -0.2) is 36.5 Å². The summed E-state index contributed by atoms with van der Waals surface area (Å²) in [5.74, 6) is 2.55. The van der Waals surface area contributed by atoms with Crippen molar-refractivity contribution >= 4 is 0 Å². The van der Waals surface area contributed by atoms with Gasteiger partial charge in [-0.05, 0) is 19.8 Å². The molecule has 2 N–H and O–H groups in total. The maximum Gasteiger partial charge on any atom is 0.0898 e. The summed E-state index contributed by atoms with van der Waals surface area (Å²) in [5.41, 5.74) is 0. The molecule has 1 aliphatic carbocycles. The summed E-state index contributed by atoms with van der Waals surface area (Å²) in [7, 11) is 0. The highest BCUT2D eigenvalue weighted by atomic mass is 16.5. The Kier molecular flexibility index (Phi) is 5.70. The quantitative estimate of drug-likeness (QED) is 0.642. The van der Waals surface area contributed by atoms with E-state index in [9.17, 15) is 5.11 Å². The second-order valence-electron chi connectivity index (χ2n) is 4.19. The molecule has 1 fully saturated rings. The Morgan fingerprint density at radius 3 is 2.80 bits per heavy atom. The first-order valence-electron chi connectivity index (χ1n) is 5.71. The lowest BCUT2D eigenvalue weighted by Crippen LogP contribution is -2.35. The molecule has 0 aromatic heterocycles. The summed E-state index contributed by atoms with van der Waals surface area (Å²) in [4.78, 5) is 0. The zero-order chi connectivity index (χ0) is 11.1. The molecule has 0 bridgehead atoms. The Morgan fingerprint density at radius 2 is 2.20 bits per heavy atom. The Bertz CT molecular complexity index is 206. The average molecular weight is 211 g/mol. The van der Waals surface area contributed by atoms with Crippen LogP contribution in [-0.2, 0) is 4.74 Å². The molecule has 0 saturated heterocycles. The minimum absolute atomic E-state index is 0.00568. The second kappa shape index (κ2) is 6.84. The van der Waals surface area contributed by atoms with E-state index in [1.165, 1.54) is 12.8 Å². The highest BCUT2D eigenvalue weighted by Crippen LogP contribution is 2.20. The van der Waals surface area contributed by atoms with Gasteiger partial charge in [-0.1, -0.05) is 18.8 Å². The second-order valence-corrected chi connectivity index (χ2v) is 4.19. The molecule has 15 heavy (non-hydrogen) atoms. The largest absolute Gasteiger partial charge is 0.389 e. The van der Waals surface area contributed by atoms with Crippen molar-refractivity contribution in [3.05, 3.63) is 0 Å². The first kappa shape index (κ1) is 12.5. The monoisotopic (exact) mass is 211 g/mol. The fourth-order valence-corrected chi connectivity index (χ4v) is 1.73. The SMILES string of the molecule is C#CC(C)NCC(O)COC1CCCC1. The van der Waals surface area contributed by atoms with E-state index in [0.717, 1.165) is 12.8 Å².